The van der Waals surface area contributed by atoms with Crippen LogP contribution in [0.4, 0.5) is 4.79 Å². The van der Waals surface area contributed by atoms with Gasteiger partial charge in [0.1, 0.15) is 5.60 Å². The molecule has 0 aromatic heterocycles. The van der Waals surface area contributed by atoms with Gasteiger partial charge in [0, 0.05) is 0 Å². The Bertz CT molecular complexity index is 523. The van der Waals surface area contributed by atoms with E-state index in [9.17, 15) is 4.79 Å². The second-order valence-electron chi connectivity index (χ2n) is 6.56. The normalized spacial score (nSPS) is 16.6. The average molecular weight is 305 g/mol. The zero-order valence-corrected chi connectivity index (χ0v) is 13.4. The molecule has 0 aliphatic heterocycles. The van der Waals surface area contributed by atoms with Gasteiger partial charge in [0.15, 0.2) is 0 Å². The predicted molar refractivity (Wildman–Crippen MR) is 85.8 cm³/mol. The molecule has 0 atom stereocenters. The first-order chi connectivity index (χ1) is 10.3. The SMILES string of the molecule is CCC(C)(C)OC(=O)NC1(c2ccc(B(O)O)cc2)CCC1. The summed E-state index contributed by atoms with van der Waals surface area (Å²) < 4.78 is 5.47. The average Bonchev–Trinajstić information content (AvgIpc) is 2.42. The van der Waals surface area contributed by atoms with Crippen molar-refractivity contribution < 1.29 is 19.6 Å². The summed E-state index contributed by atoms with van der Waals surface area (Å²) in [7, 11) is -1.48. The molecule has 2 rings (SSSR count). The molecule has 1 aromatic rings. The summed E-state index contributed by atoms with van der Waals surface area (Å²) >= 11 is 0. The molecule has 120 valence electrons. The van der Waals surface area contributed by atoms with Crippen LogP contribution in [-0.4, -0.2) is 28.9 Å². The lowest BCUT2D eigenvalue weighted by Gasteiger charge is -2.43. The number of alkyl carbamates (subject to hydrolysis) is 1. The first-order valence-electron chi connectivity index (χ1n) is 7.76. The minimum atomic E-state index is -1.48. The maximum atomic E-state index is 12.2. The van der Waals surface area contributed by atoms with Crippen molar-refractivity contribution in [3.8, 4) is 0 Å². The fourth-order valence-corrected chi connectivity index (χ4v) is 2.53. The van der Waals surface area contributed by atoms with Gasteiger partial charge in [-0.1, -0.05) is 31.2 Å². The van der Waals surface area contributed by atoms with E-state index in [2.05, 4.69) is 5.32 Å². The molecule has 1 aliphatic rings. The number of carbonyl (C=O) groups is 1. The lowest BCUT2D eigenvalue weighted by atomic mass is 9.70. The Morgan fingerprint density at radius 2 is 1.91 bits per heavy atom. The van der Waals surface area contributed by atoms with Crippen LogP contribution in [0, 0.1) is 0 Å². The monoisotopic (exact) mass is 305 g/mol. The molecule has 1 aromatic carbocycles. The molecule has 22 heavy (non-hydrogen) atoms. The second-order valence-corrected chi connectivity index (χ2v) is 6.56. The van der Waals surface area contributed by atoms with Crippen LogP contribution in [0.1, 0.15) is 52.0 Å². The summed E-state index contributed by atoms with van der Waals surface area (Å²) in [5.41, 5.74) is 0.516. The van der Waals surface area contributed by atoms with Crippen molar-refractivity contribution in [3.05, 3.63) is 29.8 Å². The van der Waals surface area contributed by atoms with Crippen LogP contribution >= 0.6 is 0 Å². The first-order valence-corrected chi connectivity index (χ1v) is 7.76. The largest absolute Gasteiger partial charge is 0.488 e. The molecule has 3 N–H and O–H groups in total. The maximum absolute atomic E-state index is 12.2. The molecule has 1 saturated carbocycles. The number of rotatable bonds is 5. The number of hydrogen-bond acceptors (Lipinski definition) is 4. The first kappa shape index (κ1) is 16.8. The lowest BCUT2D eigenvalue weighted by Crippen LogP contribution is -2.52. The smallest absolute Gasteiger partial charge is 0.444 e. The van der Waals surface area contributed by atoms with Crippen molar-refractivity contribution in [2.45, 2.75) is 57.6 Å². The van der Waals surface area contributed by atoms with E-state index >= 15 is 0 Å². The Hall–Kier alpha value is -1.53. The molecule has 6 heteroatoms. The predicted octanol–water partition coefficient (Wildman–Crippen LogP) is 1.66. The van der Waals surface area contributed by atoms with Crippen LogP contribution in [0.3, 0.4) is 0 Å². The second kappa shape index (κ2) is 6.30. The van der Waals surface area contributed by atoms with Gasteiger partial charge < -0.3 is 20.1 Å². The Balaban J connectivity index is 2.10. The molecule has 1 fully saturated rings. The molecule has 0 saturated heterocycles. The summed E-state index contributed by atoms with van der Waals surface area (Å²) in [6.45, 7) is 5.75. The number of amides is 1. The Labute approximate surface area is 131 Å². The van der Waals surface area contributed by atoms with E-state index in [0.717, 1.165) is 31.2 Å². The maximum Gasteiger partial charge on any atom is 0.488 e. The van der Waals surface area contributed by atoms with E-state index in [1.807, 2.05) is 32.9 Å². The van der Waals surface area contributed by atoms with Gasteiger partial charge >= 0.3 is 13.2 Å². The summed E-state index contributed by atoms with van der Waals surface area (Å²) in [5.74, 6) is 0. The molecule has 5 nitrogen and oxygen atoms in total. The Kier molecular flexibility index (Phi) is 4.82. The zero-order valence-electron chi connectivity index (χ0n) is 13.4. The highest BCUT2D eigenvalue weighted by Gasteiger charge is 2.41. The molecule has 1 amide bonds. The molecular formula is C16H24BNO4. The van der Waals surface area contributed by atoms with Crippen LogP contribution < -0.4 is 10.8 Å². The van der Waals surface area contributed by atoms with Crippen LogP contribution in [-0.2, 0) is 10.3 Å². The van der Waals surface area contributed by atoms with E-state index in [-0.39, 0.29) is 0 Å². The Morgan fingerprint density at radius 1 is 1.32 bits per heavy atom. The van der Waals surface area contributed by atoms with Gasteiger partial charge in [0.2, 0.25) is 0 Å². The summed E-state index contributed by atoms with van der Waals surface area (Å²) in [4.78, 5) is 12.2. The van der Waals surface area contributed by atoms with Crippen LogP contribution in [0.5, 0.6) is 0 Å². The molecule has 0 spiro atoms. The standard InChI is InChI=1S/C16H24BNO4/c1-4-15(2,3)22-14(19)18-16(10-5-11-16)12-6-8-13(9-7-12)17(20)21/h6-9,20-21H,4-5,10-11H2,1-3H3,(H,18,19). The van der Waals surface area contributed by atoms with Gasteiger partial charge in [-0.05, 0) is 50.6 Å². The van der Waals surface area contributed by atoms with Gasteiger partial charge in [-0.3, -0.25) is 0 Å². The quantitative estimate of drug-likeness (QED) is 0.723. The topological polar surface area (TPSA) is 78.8 Å². The van der Waals surface area contributed by atoms with Crippen molar-refractivity contribution in [1.29, 1.82) is 0 Å². The van der Waals surface area contributed by atoms with E-state index < -0.39 is 24.4 Å². The number of hydrogen-bond donors (Lipinski definition) is 3. The van der Waals surface area contributed by atoms with Crippen molar-refractivity contribution in [1.82, 2.24) is 5.32 Å². The number of benzene rings is 1. The van der Waals surface area contributed by atoms with E-state index in [1.165, 1.54) is 0 Å². The number of ether oxygens (including phenoxy) is 1. The van der Waals surface area contributed by atoms with E-state index in [0.29, 0.717) is 5.46 Å². The van der Waals surface area contributed by atoms with Crippen LogP contribution in [0.15, 0.2) is 24.3 Å². The molecule has 0 radical (unpaired) electrons. The van der Waals surface area contributed by atoms with Gasteiger partial charge in [0.25, 0.3) is 0 Å². The van der Waals surface area contributed by atoms with Gasteiger partial charge in [-0.2, -0.15) is 0 Å². The summed E-state index contributed by atoms with van der Waals surface area (Å²) in [6, 6.07) is 7.00. The lowest BCUT2D eigenvalue weighted by molar-refractivity contribution is 0.0236. The van der Waals surface area contributed by atoms with Crippen molar-refractivity contribution in [2.75, 3.05) is 0 Å². The minimum absolute atomic E-state index is 0.403. The fraction of sp³-hybridized carbons (Fsp3) is 0.562. The highest BCUT2D eigenvalue weighted by molar-refractivity contribution is 6.58. The van der Waals surface area contributed by atoms with Gasteiger partial charge in [0.05, 0.1) is 5.54 Å². The van der Waals surface area contributed by atoms with E-state index in [1.54, 1.807) is 12.1 Å². The molecule has 0 heterocycles. The number of nitrogens with one attached hydrogen (secondary N) is 1. The van der Waals surface area contributed by atoms with Crippen LogP contribution in [0.25, 0.3) is 0 Å². The third-order valence-electron chi connectivity index (χ3n) is 4.53. The highest BCUT2D eigenvalue weighted by atomic mass is 16.6. The molecule has 0 unspecified atom stereocenters. The van der Waals surface area contributed by atoms with Gasteiger partial charge in [-0.15, -0.1) is 0 Å². The highest BCUT2D eigenvalue weighted by Crippen LogP contribution is 2.41. The van der Waals surface area contributed by atoms with Crippen molar-refractivity contribution in [2.24, 2.45) is 0 Å². The molecule has 0 bridgehead atoms. The molecule has 1 aliphatic carbocycles. The zero-order chi connectivity index (χ0) is 16.4. The van der Waals surface area contributed by atoms with Crippen molar-refractivity contribution >= 4 is 18.7 Å². The fourth-order valence-electron chi connectivity index (χ4n) is 2.53. The van der Waals surface area contributed by atoms with Crippen LogP contribution in [0.2, 0.25) is 0 Å². The number of carbonyl (C=O) groups excluding carboxylic acids is 1. The molecular weight excluding hydrogens is 281 g/mol. The third-order valence-corrected chi connectivity index (χ3v) is 4.53. The van der Waals surface area contributed by atoms with Crippen molar-refractivity contribution in [3.63, 3.8) is 0 Å². The Morgan fingerprint density at radius 3 is 2.32 bits per heavy atom. The summed E-state index contributed by atoms with van der Waals surface area (Å²) in [5, 5.41) is 21.3. The third kappa shape index (κ3) is 3.62. The van der Waals surface area contributed by atoms with E-state index in [4.69, 9.17) is 14.8 Å². The van der Waals surface area contributed by atoms with Gasteiger partial charge in [-0.25, -0.2) is 4.79 Å². The minimum Gasteiger partial charge on any atom is -0.444 e. The summed E-state index contributed by atoms with van der Waals surface area (Å²) in [6.07, 6.45) is 3.10.